The number of hydrogen-bond donors (Lipinski definition) is 2. The molecule has 0 unspecified atom stereocenters. The summed E-state index contributed by atoms with van der Waals surface area (Å²) in [5, 5.41) is 5.53. The average Bonchev–Trinajstić information content (AvgIpc) is 2.38. The highest BCUT2D eigenvalue weighted by atomic mass is 16.2. The molecule has 0 aromatic heterocycles. The van der Waals surface area contributed by atoms with E-state index in [-0.39, 0.29) is 11.8 Å². The number of amides is 2. The van der Waals surface area contributed by atoms with Crippen LogP contribution in [0.25, 0.3) is 0 Å². The van der Waals surface area contributed by atoms with Gasteiger partial charge < -0.3 is 10.6 Å². The zero-order valence-electron chi connectivity index (χ0n) is 11.7. The Morgan fingerprint density at radius 1 is 1.16 bits per heavy atom. The number of ketones is 1. The van der Waals surface area contributed by atoms with Gasteiger partial charge in [-0.25, -0.2) is 4.79 Å². The summed E-state index contributed by atoms with van der Waals surface area (Å²) in [4.78, 5) is 22.8. The Labute approximate surface area is 114 Å². The SMILES string of the molecule is CCCCCCNC(=O)Nc1cccc(C(C)=O)c1. The number of rotatable bonds is 7. The first kappa shape index (κ1) is 15.2. The van der Waals surface area contributed by atoms with Crippen molar-refractivity contribution in [3.8, 4) is 0 Å². The van der Waals surface area contributed by atoms with Crippen molar-refractivity contribution in [2.75, 3.05) is 11.9 Å². The quantitative estimate of drug-likeness (QED) is 0.582. The summed E-state index contributed by atoms with van der Waals surface area (Å²) in [6, 6.07) is 6.71. The van der Waals surface area contributed by atoms with Crippen LogP contribution in [-0.4, -0.2) is 18.4 Å². The van der Waals surface area contributed by atoms with Crippen molar-refractivity contribution in [1.82, 2.24) is 5.32 Å². The summed E-state index contributed by atoms with van der Waals surface area (Å²) in [7, 11) is 0. The molecule has 19 heavy (non-hydrogen) atoms. The van der Waals surface area contributed by atoms with Crippen molar-refractivity contribution < 1.29 is 9.59 Å². The second-order valence-electron chi connectivity index (χ2n) is 4.58. The Balaban J connectivity index is 2.35. The lowest BCUT2D eigenvalue weighted by Crippen LogP contribution is -2.29. The van der Waals surface area contributed by atoms with E-state index in [1.54, 1.807) is 24.3 Å². The molecule has 1 aromatic carbocycles. The summed E-state index contributed by atoms with van der Waals surface area (Å²) in [5.74, 6) is -0.0105. The molecule has 0 aliphatic carbocycles. The fourth-order valence-corrected chi connectivity index (χ4v) is 1.74. The van der Waals surface area contributed by atoms with E-state index >= 15 is 0 Å². The number of anilines is 1. The molecule has 1 aromatic rings. The number of carbonyl (C=O) groups is 2. The van der Waals surface area contributed by atoms with Crippen LogP contribution in [0.4, 0.5) is 10.5 Å². The van der Waals surface area contributed by atoms with Crippen LogP contribution < -0.4 is 10.6 Å². The molecule has 0 radical (unpaired) electrons. The molecule has 0 saturated heterocycles. The van der Waals surface area contributed by atoms with Crippen LogP contribution in [0, 0.1) is 0 Å². The van der Waals surface area contributed by atoms with Gasteiger partial charge in [0.2, 0.25) is 0 Å². The van der Waals surface area contributed by atoms with Crippen molar-refractivity contribution in [3.05, 3.63) is 29.8 Å². The molecular weight excluding hydrogens is 240 g/mol. The molecule has 0 heterocycles. The summed E-state index contributed by atoms with van der Waals surface area (Å²) >= 11 is 0. The summed E-state index contributed by atoms with van der Waals surface area (Å²) < 4.78 is 0. The zero-order chi connectivity index (χ0) is 14.1. The third-order valence-electron chi connectivity index (χ3n) is 2.84. The summed E-state index contributed by atoms with van der Waals surface area (Å²) in [5.41, 5.74) is 1.24. The normalized spacial score (nSPS) is 10.0. The average molecular weight is 262 g/mol. The van der Waals surface area contributed by atoms with Crippen LogP contribution in [0.5, 0.6) is 0 Å². The fourth-order valence-electron chi connectivity index (χ4n) is 1.74. The van der Waals surface area contributed by atoms with Crippen molar-refractivity contribution in [2.45, 2.75) is 39.5 Å². The van der Waals surface area contributed by atoms with E-state index in [4.69, 9.17) is 0 Å². The third kappa shape index (κ3) is 6.04. The highest BCUT2D eigenvalue weighted by molar-refractivity contribution is 5.96. The van der Waals surface area contributed by atoms with Gasteiger partial charge in [-0.05, 0) is 25.5 Å². The molecule has 104 valence electrons. The number of unbranched alkanes of at least 4 members (excludes halogenated alkanes) is 3. The number of hydrogen-bond acceptors (Lipinski definition) is 2. The maximum atomic E-state index is 11.6. The number of Topliss-reactive ketones (excluding diaryl/α,β-unsaturated/α-hetero) is 1. The molecule has 0 aliphatic heterocycles. The van der Waals surface area contributed by atoms with Gasteiger partial charge in [0.25, 0.3) is 0 Å². The minimum Gasteiger partial charge on any atom is -0.338 e. The lowest BCUT2D eigenvalue weighted by atomic mass is 10.1. The van der Waals surface area contributed by atoms with Gasteiger partial charge in [-0.3, -0.25) is 4.79 Å². The first-order chi connectivity index (χ1) is 9.13. The van der Waals surface area contributed by atoms with Gasteiger partial charge >= 0.3 is 6.03 Å². The van der Waals surface area contributed by atoms with E-state index in [9.17, 15) is 9.59 Å². The minimum atomic E-state index is -0.225. The molecule has 0 spiro atoms. The topological polar surface area (TPSA) is 58.2 Å². The molecule has 1 rings (SSSR count). The molecule has 0 saturated carbocycles. The Hall–Kier alpha value is -1.84. The molecule has 0 fully saturated rings. The largest absolute Gasteiger partial charge is 0.338 e. The smallest absolute Gasteiger partial charge is 0.319 e. The monoisotopic (exact) mass is 262 g/mol. The van der Waals surface area contributed by atoms with Crippen LogP contribution in [0.15, 0.2) is 24.3 Å². The van der Waals surface area contributed by atoms with E-state index in [2.05, 4.69) is 17.6 Å². The highest BCUT2D eigenvalue weighted by Gasteiger charge is 2.03. The fraction of sp³-hybridized carbons (Fsp3) is 0.467. The molecule has 2 amide bonds. The van der Waals surface area contributed by atoms with Crippen molar-refractivity contribution >= 4 is 17.5 Å². The lowest BCUT2D eigenvalue weighted by Gasteiger charge is -2.08. The van der Waals surface area contributed by atoms with Gasteiger partial charge in [0.15, 0.2) is 5.78 Å². The lowest BCUT2D eigenvalue weighted by molar-refractivity contribution is 0.101. The number of carbonyl (C=O) groups excluding carboxylic acids is 2. The predicted octanol–water partition coefficient (Wildman–Crippen LogP) is 3.59. The minimum absolute atomic E-state index is 0.0105. The number of nitrogens with one attached hydrogen (secondary N) is 2. The van der Waals surface area contributed by atoms with Crippen molar-refractivity contribution in [1.29, 1.82) is 0 Å². The Morgan fingerprint density at radius 2 is 1.95 bits per heavy atom. The van der Waals surface area contributed by atoms with E-state index in [0.29, 0.717) is 17.8 Å². The predicted molar refractivity (Wildman–Crippen MR) is 77.6 cm³/mol. The molecule has 0 aliphatic rings. The standard InChI is InChI=1S/C15H22N2O2/c1-3-4-5-6-10-16-15(19)17-14-9-7-8-13(11-14)12(2)18/h7-9,11H,3-6,10H2,1-2H3,(H2,16,17,19). The Morgan fingerprint density at radius 3 is 2.63 bits per heavy atom. The van der Waals surface area contributed by atoms with Gasteiger partial charge in [0.05, 0.1) is 0 Å². The molecule has 0 atom stereocenters. The van der Waals surface area contributed by atoms with Gasteiger partial charge in [-0.1, -0.05) is 38.3 Å². The van der Waals surface area contributed by atoms with Crippen LogP contribution >= 0.6 is 0 Å². The van der Waals surface area contributed by atoms with E-state index in [1.807, 2.05) is 0 Å². The maximum Gasteiger partial charge on any atom is 0.319 e. The van der Waals surface area contributed by atoms with Gasteiger partial charge in [-0.15, -0.1) is 0 Å². The maximum absolute atomic E-state index is 11.6. The van der Waals surface area contributed by atoms with Gasteiger partial charge in [0, 0.05) is 17.8 Å². The second kappa shape index (κ2) is 8.29. The number of urea groups is 1. The Kier molecular flexibility index (Phi) is 6.64. The molecule has 2 N–H and O–H groups in total. The first-order valence-electron chi connectivity index (χ1n) is 6.79. The van der Waals surface area contributed by atoms with Crippen LogP contribution in [0.2, 0.25) is 0 Å². The van der Waals surface area contributed by atoms with Gasteiger partial charge in [0.1, 0.15) is 0 Å². The van der Waals surface area contributed by atoms with Crippen molar-refractivity contribution in [2.24, 2.45) is 0 Å². The molecule has 4 heteroatoms. The van der Waals surface area contributed by atoms with E-state index in [1.165, 1.54) is 19.8 Å². The van der Waals surface area contributed by atoms with Crippen molar-refractivity contribution in [3.63, 3.8) is 0 Å². The highest BCUT2D eigenvalue weighted by Crippen LogP contribution is 2.10. The third-order valence-corrected chi connectivity index (χ3v) is 2.84. The molecule has 4 nitrogen and oxygen atoms in total. The van der Waals surface area contributed by atoms with Crippen LogP contribution in [0.3, 0.4) is 0 Å². The second-order valence-corrected chi connectivity index (χ2v) is 4.58. The van der Waals surface area contributed by atoms with Crippen LogP contribution in [-0.2, 0) is 0 Å². The van der Waals surface area contributed by atoms with Crippen LogP contribution in [0.1, 0.15) is 49.9 Å². The Bertz CT molecular complexity index is 430. The summed E-state index contributed by atoms with van der Waals surface area (Å²) in [6.07, 6.45) is 4.51. The first-order valence-corrected chi connectivity index (χ1v) is 6.79. The summed E-state index contributed by atoms with van der Waals surface area (Å²) in [6.45, 7) is 4.34. The molecule has 0 bridgehead atoms. The van der Waals surface area contributed by atoms with E-state index < -0.39 is 0 Å². The zero-order valence-corrected chi connectivity index (χ0v) is 11.7. The van der Waals surface area contributed by atoms with E-state index in [0.717, 1.165) is 12.8 Å². The molecular formula is C15H22N2O2. The van der Waals surface area contributed by atoms with Gasteiger partial charge in [-0.2, -0.15) is 0 Å². The number of benzene rings is 1.